The van der Waals surface area contributed by atoms with Crippen molar-refractivity contribution in [2.75, 3.05) is 13.2 Å². The molecule has 0 aliphatic carbocycles. The molecule has 0 radical (unpaired) electrons. The topological polar surface area (TPSA) is 41.5 Å². The summed E-state index contributed by atoms with van der Waals surface area (Å²) in [6.45, 7) is 4.57. The molecule has 0 spiro atoms. The smallest absolute Gasteiger partial charge is 0.853 e. The minimum atomic E-state index is -0.164. The zero-order valence-corrected chi connectivity index (χ0v) is 13.0. The van der Waals surface area contributed by atoms with Gasteiger partial charge in [-0.25, -0.2) is 0 Å². The first kappa shape index (κ1) is 13.7. The molecule has 0 aromatic heterocycles. The maximum absolute atomic E-state index is 10.5. The van der Waals surface area contributed by atoms with Crippen molar-refractivity contribution in [1.29, 1.82) is 0 Å². The Morgan fingerprint density at radius 2 is 2.17 bits per heavy atom. The van der Waals surface area contributed by atoms with E-state index in [2.05, 4.69) is 0 Å². The first-order chi connectivity index (χ1) is 5.24. The van der Waals surface area contributed by atoms with Gasteiger partial charge in [0.2, 0.25) is 0 Å². The second-order valence-corrected chi connectivity index (χ2v) is 3.20. The molecule has 1 aliphatic heterocycles. The summed E-state index contributed by atoms with van der Waals surface area (Å²) in [6, 6.07) is 0. The molecule has 0 N–H and O–H groups in total. The van der Waals surface area contributed by atoms with Gasteiger partial charge in [-0.3, -0.25) is 0 Å². The summed E-state index contributed by atoms with van der Waals surface area (Å²) in [6.07, 6.45) is 0.450. The van der Waals surface area contributed by atoms with Crippen molar-refractivity contribution in [3.05, 3.63) is 0 Å². The van der Waals surface area contributed by atoms with Gasteiger partial charge >= 0.3 is 58.2 Å². The third kappa shape index (κ3) is 4.27. The van der Waals surface area contributed by atoms with Gasteiger partial charge in [0, 0.05) is 12.0 Å². The summed E-state index contributed by atoms with van der Waals surface area (Å²) in [5, 5.41) is 10.5. The van der Waals surface area contributed by atoms with Crippen molar-refractivity contribution < 1.29 is 72.8 Å². The average molecular weight is 245 g/mol. The van der Waals surface area contributed by atoms with E-state index in [1.54, 1.807) is 0 Å². The van der Waals surface area contributed by atoms with E-state index >= 15 is 0 Å². The molecule has 0 bridgehead atoms. The Labute approximate surface area is 123 Å². The summed E-state index contributed by atoms with van der Waals surface area (Å²) in [7, 11) is 0. The third-order valence-electron chi connectivity index (χ3n) is 1.78. The molecular formula is C8H15O3Rb. The Morgan fingerprint density at radius 1 is 1.50 bits per heavy atom. The zero-order chi connectivity index (χ0) is 8.27. The van der Waals surface area contributed by atoms with Crippen LogP contribution in [0.15, 0.2) is 0 Å². The Kier molecular flexibility index (Phi) is 8.03. The van der Waals surface area contributed by atoms with E-state index in [4.69, 9.17) is 9.47 Å². The van der Waals surface area contributed by atoms with Crippen LogP contribution in [0.4, 0.5) is 0 Å². The summed E-state index contributed by atoms with van der Waals surface area (Å²) in [4.78, 5) is 0. The largest absolute Gasteiger partial charge is 1.00 e. The van der Waals surface area contributed by atoms with Gasteiger partial charge in [-0.2, -0.15) is 0 Å². The van der Waals surface area contributed by atoms with E-state index in [-0.39, 0.29) is 77.2 Å². The molecule has 12 heavy (non-hydrogen) atoms. The molecule has 2 atom stereocenters. The number of hydrogen-bond donors (Lipinski definition) is 0. The second kappa shape index (κ2) is 7.04. The fourth-order valence-corrected chi connectivity index (χ4v) is 1.08. The molecular weight excluding hydrogens is 230 g/mol. The van der Waals surface area contributed by atoms with E-state index in [1.165, 1.54) is 0 Å². The maximum atomic E-state index is 10.5. The monoisotopic (exact) mass is 244 g/mol. The molecule has 1 aliphatic rings. The standard InChI is InChI=1S/C8H15O3.Rb/c1-6(2)8-10-4-3-7(5-9)11-8;/h6-8H,3-5H2,1-2H3;/q-1;+1/t7-,8-;/m0./s1. The van der Waals surface area contributed by atoms with Crippen molar-refractivity contribution in [2.24, 2.45) is 5.92 Å². The van der Waals surface area contributed by atoms with Gasteiger partial charge < -0.3 is 14.6 Å². The molecule has 3 nitrogen and oxygen atoms in total. The van der Waals surface area contributed by atoms with Gasteiger partial charge in [0.15, 0.2) is 6.29 Å². The fraction of sp³-hybridized carbons (Fsp3) is 1.00. The Morgan fingerprint density at radius 3 is 2.67 bits per heavy atom. The molecule has 0 aromatic rings. The average Bonchev–Trinajstić information content (AvgIpc) is 2.05. The zero-order valence-electron chi connectivity index (χ0n) is 8.08. The molecule has 4 heteroatoms. The van der Waals surface area contributed by atoms with Gasteiger partial charge in [-0.05, 0) is 6.42 Å². The van der Waals surface area contributed by atoms with E-state index in [0.29, 0.717) is 12.5 Å². The SMILES string of the molecule is CC(C)[C@H]1OCC[C@@H](C[O-])O1.[Rb+]. The van der Waals surface area contributed by atoms with Crippen molar-refractivity contribution in [2.45, 2.75) is 32.7 Å². The molecule has 66 valence electrons. The third-order valence-corrected chi connectivity index (χ3v) is 1.78. The van der Waals surface area contributed by atoms with Crippen LogP contribution in [0, 0.1) is 5.92 Å². The van der Waals surface area contributed by atoms with Crippen molar-refractivity contribution >= 4 is 0 Å². The first-order valence-electron chi connectivity index (χ1n) is 4.09. The van der Waals surface area contributed by atoms with Gasteiger partial charge in [0.1, 0.15) is 0 Å². The molecule has 1 rings (SSSR count). The minimum Gasteiger partial charge on any atom is -0.853 e. The number of rotatable bonds is 2. The van der Waals surface area contributed by atoms with Crippen molar-refractivity contribution in [3.8, 4) is 0 Å². The van der Waals surface area contributed by atoms with E-state index in [0.717, 1.165) is 6.42 Å². The molecule has 1 heterocycles. The van der Waals surface area contributed by atoms with Crippen LogP contribution in [0.25, 0.3) is 0 Å². The van der Waals surface area contributed by atoms with Gasteiger partial charge in [0.05, 0.1) is 6.61 Å². The van der Waals surface area contributed by atoms with E-state index in [9.17, 15) is 5.11 Å². The van der Waals surface area contributed by atoms with Crippen LogP contribution in [-0.2, 0) is 9.47 Å². The fourth-order valence-electron chi connectivity index (χ4n) is 1.08. The van der Waals surface area contributed by atoms with Crippen LogP contribution >= 0.6 is 0 Å². The molecule has 1 fully saturated rings. The van der Waals surface area contributed by atoms with Crippen LogP contribution < -0.4 is 63.3 Å². The van der Waals surface area contributed by atoms with E-state index in [1.807, 2.05) is 13.8 Å². The van der Waals surface area contributed by atoms with Crippen LogP contribution in [0.5, 0.6) is 0 Å². The second-order valence-electron chi connectivity index (χ2n) is 3.20. The van der Waals surface area contributed by atoms with Gasteiger partial charge in [0.25, 0.3) is 0 Å². The van der Waals surface area contributed by atoms with Crippen LogP contribution in [0.3, 0.4) is 0 Å². The number of hydrogen-bond acceptors (Lipinski definition) is 3. The van der Waals surface area contributed by atoms with Crippen molar-refractivity contribution in [1.82, 2.24) is 0 Å². The van der Waals surface area contributed by atoms with E-state index < -0.39 is 0 Å². The van der Waals surface area contributed by atoms with Crippen LogP contribution in [-0.4, -0.2) is 25.6 Å². The van der Waals surface area contributed by atoms with Crippen molar-refractivity contribution in [3.63, 3.8) is 0 Å². The molecule has 1 saturated heterocycles. The quantitative estimate of drug-likeness (QED) is 0.525. The molecule has 0 aromatic carbocycles. The van der Waals surface area contributed by atoms with Crippen LogP contribution in [0.1, 0.15) is 20.3 Å². The summed E-state index contributed by atoms with van der Waals surface area (Å²) in [5.41, 5.74) is 0. The minimum absolute atomic E-state index is 0. The summed E-state index contributed by atoms with van der Waals surface area (Å²) in [5.74, 6) is 0.337. The summed E-state index contributed by atoms with van der Waals surface area (Å²) < 4.78 is 10.7. The predicted molar refractivity (Wildman–Crippen MR) is 38.9 cm³/mol. The maximum Gasteiger partial charge on any atom is 1.00 e. The van der Waals surface area contributed by atoms with Crippen LogP contribution in [0.2, 0.25) is 0 Å². The predicted octanol–water partition coefficient (Wildman–Crippen LogP) is -2.86. The Balaban J connectivity index is 0.00000121. The number of ether oxygens (including phenoxy) is 2. The molecule has 0 amide bonds. The molecule has 0 saturated carbocycles. The normalized spacial score (nSPS) is 30.0. The van der Waals surface area contributed by atoms with Gasteiger partial charge in [-0.1, -0.05) is 13.8 Å². The van der Waals surface area contributed by atoms with Gasteiger partial charge in [-0.15, -0.1) is 6.61 Å². The molecule has 0 unspecified atom stereocenters. The summed E-state index contributed by atoms with van der Waals surface area (Å²) >= 11 is 0. The Bertz CT molecular complexity index is 119. The Hall–Kier alpha value is 1.69. The first-order valence-corrected chi connectivity index (χ1v) is 4.09.